The van der Waals surface area contributed by atoms with Gasteiger partial charge in [0.25, 0.3) is 0 Å². The van der Waals surface area contributed by atoms with Crippen LogP contribution in [0.2, 0.25) is 0 Å². The van der Waals surface area contributed by atoms with Gasteiger partial charge in [-0.05, 0) is 43.7 Å². The molecule has 0 amide bonds. The van der Waals surface area contributed by atoms with Gasteiger partial charge in [0.2, 0.25) is 5.88 Å². The second-order valence-electron chi connectivity index (χ2n) is 7.37. The number of aromatic hydroxyl groups is 1. The second kappa shape index (κ2) is 9.42. The summed E-state index contributed by atoms with van der Waals surface area (Å²) in [6.07, 6.45) is 3.74. The Labute approximate surface area is 176 Å². The van der Waals surface area contributed by atoms with Crippen LogP contribution in [-0.4, -0.2) is 59.3 Å². The van der Waals surface area contributed by atoms with Crippen LogP contribution in [-0.2, 0) is 0 Å². The van der Waals surface area contributed by atoms with Gasteiger partial charge < -0.3 is 14.7 Å². The van der Waals surface area contributed by atoms with Gasteiger partial charge >= 0.3 is 0 Å². The lowest BCUT2D eigenvalue weighted by atomic mass is 10.2. The Balaban J connectivity index is 1.18. The van der Waals surface area contributed by atoms with Crippen molar-refractivity contribution in [2.24, 2.45) is 0 Å². The molecule has 3 heterocycles. The first-order chi connectivity index (χ1) is 14.7. The number of nitriles is 1. The maximum atomic E-state index is 9.92. The summed E-state index contributed by atoms with van der Waals surface area (Å²) in [6, 6.07) is 15.0. The Bertz CT molecular complexity index is 1040. The fourth-order valence-electron chi connectivity index (χ4n) is 3.73. The molecule has 1 aliphatic heterocycles. The van der Waals surface area contributed by atoms with Gasteiger partial charge in [0.1, 0.15) is 23.2 Å². The van der Waals surface area contributed by atoms with Crippen molar-refractivity contribution in [3.63, 3.8) is 0 Å². The number of hydrogen-bond donors (Lipinski definition) is 1. The lowest BCUT2D eigenvalue weighted by Gasteiger charge is -2.35. The van der Waals surface area contributed by atoms with Crippen LogP contribution in [0.5, 0.6) is 11.6 Å². The normalized spacial score (nSPS) is 14.6. The van der Waals surface area contributed by atoms with E-state index in [0.29, 0.717) is 23.6 Å². The predicted molar refractivity (Wildman–Crippen MR) is 116 cm³/mol. The van der Waals surface area contributed by atoms with E-state index in [2.05, 4.69) is 25.8 Å². The van der Waals surface area contributed by atoms with Gasteiger partial charge in [0.15, 0.2) is 0 Å². The first-order valence-electron chi connectivity index (χ1n) is 10.3. The molecule has 1 fully saturated rings. The van der Waals surface area contributed by atoms with Crippen molar-refractivity contribution < 1.29 is 9.84 Å². The van der Waals surface area contributed by atoms with Gasteiger partial charge in [-0.1, -0.05) is 12.1 Å². The van der Waals surface area contributed by atoms with Crippen LogP contribution in [0, 0.1) is 11.3 Å². The van der Waals surface area contributed by atoms with Crippen LogP contribution in [0.3, 0.4) is 0 Å². The molecule has 2 aromatic heterocycles. The maximum absolute atomic E-state index is 9.92. The Morgan fingerprint density at radius 2 is 1.90 bits per heavy atom. The number of piperazine rings is 1. The quantitative estimate of drug-likeness (QED) is 0.606. The molecule has 30 heavy (non-hydrogen) atoms. The number of anilines is 1. The van der Waals surface area contributed by atoms with Crippen LogP contribution < -0.4 is 9.64 Å². The third-order valence-electron chi connectivity index (χ3n) is 5.37. The van der Waals surface area contributed by atoms with E-state index in [9.17, 15) is 10.4 Å². The number of rotatable bonds is 7. The van der Waals surface area contributed by atoms with E-state index in [1.165, 1.54) is 0 Å². The van der Waals surface area contributed by atoms with Gasteiger partial charge in [-0.3, -0.25) is 4.90 Å². The van der Waals surface area contributed by atoms with E-state index in [1.54, 1.807) is 24.4 Å². The van der Waals surface area contributed by atoms with Crippen LogP contribution in [0.4, 0.5) is 5.82 Å². The molecular weight excluding hydrogens is 378 g/mol. The molecule has 0 radical (unpaired) electrons. The highest BCUT2D eigenvalue weighted by molar-refractivity contribution is 5.84. The summed E-state index contributed by atoms with van der Waals surface area (Å²) in [7, 11) is 0. The van der Waals surface area contributed by atoms with Crippen molar-refractivity contribution in [2.45, 2.75) is 12.8 Å². The number of phenols is 1. The van der Waals surface area contributed by atoms with E-state index in [-0.39, 0.29) is 5.75 Å². The lowest BCUT2D eigenvalue weighted by molar-refractivity contribution is 0.236. The zero-order valence-corrected chi connectivity index (χ0v) is 16.9. The minimum absolute atomic E-state index is 0.171. The molecule has 7 heteroatoms. The molecule has 1 saturated heterocycles. The van der Waals surface area contributed by atoms with Crippen LogP contribution >= 0.6 is 0 Å². The highest BCUT2D eigenvalue weighted by Gasteiger charge is 2.19. The van der Waals surface area contributed by atoms with Gasteiger partial charge in [-0.2, -0.15) is 5.26 Å². The number of unbranched alkanes of at least 4 members (excludes halogenated alkanes) is 1. The molecule has 7 nitrogen and oxygen atoms in total. The topological polar surface area (TPSA) is 85.5 Å². The Morgan fingerprint density at radius 3 is 2.73 bits per heavy atom. The maximum Gasteiger partial charge on any atom is 0.213 e. The summed E-state index contributed by atoms with van der Waals surface area (Å²) in [6.45, 7) is 5.32. The number of benzene rings is 1. The third kappa shape index (κ3) is 4.61. The van der Waals surface area contributed by atoms with E-state index in [4.69, 9.17) is 4.74 Å². The Morgan fingerprint density at radius 1 is 1.03 bits per heavy atom. The number of ether oxygens (including phenoxy) is 1. The number of hydrogen-bond acceptors (Lipinski definition) is 7. The standard InChI is InChI=1S/C23H25N5O2/c24-17-19-6-4-10-25-23(19)28-14-12-27(13-15-28)11-1-2-16-30-21-9-8-18-5-3-7-20(29)22(18)26-21/h3-10,29H,1-2,11-16H2. The summed E-state index contributed by atoms with van der Waals surface area (Å²) in [5.41, 5.74) is 1.21. The predicted octanol–water partition coefficient (Wildman–Crippen LogP) is 3.19. The first-order valence-corrected chi connectivity index (χ1v) is 10.3. The largest absolute Gasteiger partial charge is 0.506 e. The van der Waals surface area contributed by atoms with E-state index < -0.39 is 0 Å². The molecule has 1 aromatic carbocycles. The summed E-state index contributed by atoms with van der Waals surface area (Å²) in [5.74, 6) is 1.51. The first kappa shape index (κ1) is 19.9. The number of pyridine rings is 2. The van der Waals surface area contributed by atoms with Crippen LogP contribution in [0.25, 0.3) is 10.9 Å². The fraction of sp³-hybridized carbons (Fsp3) is 0.348. The highest BCUT2D eigenvalue weighted by atomic mass is 16.5. The Kier molecular flexibility index (Phi) is 6.26. The van der Waals surface area contributed by atoms with Crippen molar-refractivity contribution in [2.75, 3.05) is 44.2 Å². The Hall–Kier alpha value is -3.37. The molecular formula is C23H25N5O2. The third-order valence-corrected chi connectivity index (χ3v) is 5.37. The highest BCUT2D eigenvalue weighted by Crippen LogP contribution is 2.24. The summed E-state index contributed by atoms with van der Waals surface area (Å²) in [4.78, 5) is 13.4. The van der Waals surface area contributed by atoms with Crippen molar-refractivity contribution in [3.05, 3.63) is 54.2 Å². The molecule has 1 N–H and O–H groups in total. The summed E-state index contributed by atoms with van der Waals surface area (Å²) < 4.78 is 5.77. The molecule has 0 atom stereocenters. The second-order valence-corrected chi connectivity index (χ2v) is 7.37. The lowest BCUT2D eigenvalue weighted by Crippen LogP contribution is -2.47. The molecule has 1 aliphatic rings. The van der Waals surface area contributed by atoms with Crippen molar-refractivity contribution >= 4 is 16.7 Å². The van der Waals surface area contributed by atoms with Crippen molar-refractivity contribution in [3.8, 4) is 17.7 Å². The molecule has 0 bridgehead atoms. The van der Waals surface area contributed by atoms with Gasteiger partial charge in [-0.15, -0.1) is 0 Å². The van der Waals surface area contributed by atoms with Gasteiger partial charge in [0.05, 0.1) is 12.2 Å². The van der Waals surface area contributed by atoms with Crippen molar-refractivity contribution in [1.82, 2.24) is 14.9 Å². The molecule has 0 unspecified atom stereocenters. The summed E-state index contributed by atoms with van der Waals surface area (Å²) >= 11 is 0. The van der Waals surface area contributed by atoms with E-state index >= 15 is 0 Å². The van der Waals surface area contributed by atoms with E-state index in [1.807, 2.05) is 24.3 Å². The smallest absolute Gasteiger partial charge is 0.213 e. The molecule has 3 aromatic rings. The number of nitrogens with zero attached hydrogens (tertiary/aromatic N) is 5. The zero-order valence-electron chi connectivity index (χ0n) is 16.9. The average Bonchev–Trinajstić information content (AvgIpc) is 2.80. The van der Waals surface area contributed by atoms with Gasteiger partial charge in [0, 0.05) is 43.8 Å². The molecule has 0 aliphatic carbocycles. The monoisotopic (exact) mass is 403 g/mol. The number of para-hydroxylation sites is 1. The number of phenolic OH excluding ortho intramolecular Hbond substituents is 1. The molecule has 154 valence electrons. The fourth-order valence-corrected chi connectivity index (χ4v) is 3.73. The van der Waals surface area contributed by atoms with Crippen LogP contribution in [0.15, 0.2) is 48.7 Å². The number of aromatic nitrogens is 2. The number of fused-ring (bicyclic) bond motifs is 1. The average molecular weight is 403 g/mol. The zero-order chi connectivity index (χ0) is 20.8. The molecule has 0 saturated carbocycles. The minimum Gasteiger partial charge on any atom is -0.506 e. The molecule has 0 spiro atoms. The summed E-state index contributed by atoms with van der Waals surface area (Å²) in [5, 5.41) is 20.1. The molecule has 4 rings (SSSR count). The van der Waals surface area contributed by atoms with E-state index in [0.717, 1.165) is 56.8 Å². The van der Waals surface area contributed by atoms with Gasteiger partial charge in [-0.25, -0.2) is 9.97 Å². The van der Waals surface area contributed by atoms with Crippen molar-refractivity contribution in [1.29, 1.82) is 5.26 Å². The minimum atomic E-state index is 0.171. The van der Waals surface area contributed by atoms with Crippen LogP contribution in [0.1, 0.15) is 18.4 Å². The SMILES string of the molecule is N#Cc1cccnc1N1CCN(CCCCOc2ccc3cccc(O)c3n2)CC1.